The predicted molar refractivity (Wildman–Crippen MR) is 109 cm³/mol. The quantitative estimate of drug-likeness (QED) is 0.342. The van der Waals surface area contributed by atoms with E-state index in [2.05, 4.69) is 6.92 Å². The van der Waals surface area contributed by atoms with Crippen molar-refractivity contribution >= 4 is 0 Å². The molecule has 0 nitrogen and oxygen atoms in total. The van der Waals surface area contributed by atoms with Gasteiger partial charge in [0.05, 0.1) is 5.56 Å². The van der Waals surface area contributed by atoms with Gasteiger partial charge in [-0.25, -0.2) is 4.39 Å². The third kappa shape index (κ3) is 6.49. The zero-order valence-electron chi connectivity index (χ0n) is 17.3. The maximum atomic E-state index is 14.2. The van der Waals surface area contributed by atoms with Crippen LogP contribution in [0, 0.1) is 35.4 Å². The average Bonchev–Trinajstić information content (AvgIpc) is 2.71. The molecule has 0 spiro atoms. The number of hydrogen-bond acceptors (Lipinski definition) is 0. The highest BCUT2D eigenvalue weighted by Gasteiger charge is 2.31. The van der Waals surface area contributed by atoms with Crippen molar-refractivity contribution in [1.29, 1.82) is 0 Å². The molecule has 2 saturated carbocycles. The summed E-state index contributed by atoms with van der Waals surface area (Å²) in [5.41, 5.74) is 0.723. The summed E-state index contributed by atoms with van der Waals surface area (Å²) in [4.78, 5) is 0. The zero-order valence-corrected chi connectivity index (χ0v) is 17.3. The molecule has 0 N–H and O–H groups in total. The summed E-state index contributed by atoms with van der Waals surface area (Å²) < 4.78 is 50.8. The molecule has 29 heavy (non-hydrogen) atoms. The first-order chi connectivity index (χ1) is 13.9. The van der Waals surface area contributed by atoms with Gasteiger partial charge in [-0.15, -0.1) is 0 Å². The van der Waals surface area contributed by atoms with E-state index >= 15 is 0 Å². The Morgan fingerprint density at radius 3 is 2.10 bits per heavy atom. The second kappa shape index (κ2) is 10.0. The first kappa shape index (κ1) is 22.2. The molecule has 0 aliphatic heterocycles. The van der Waals surface area contributed by atoms with E-state index in [-0.39, 0.29) is 5.56 Å². The summed E-state index contributed by atoms with van der Waals surface area (Å²) in [5.74, 6) is 5.29. The lowest BCUT2D eigenvalue weighted by molar-refractivity contribution is -0.0696. The summed E-state index contributed by atoms with van der Waals surface area (Å²) in [6.07, 6.45) is 9.42. The summed E-state index contributed by atoms with van der Waals surface area (Å²) >= 11 is 0. The van der Waals surface area contributed by atoms with Crippen molar-refractivity contribution in [1.82, 2.24) is 0 Å². The summed E-state index contributed by atoms with van der Waals surface area (Å²) in [5, 5.41) is 0. The molecule has 0 amide bonds. The number of hydrogen-bond donors (Lipinski definition) is 0. The number of alkyl halides is 3. The minimum absolute atomic E-state index is 0.181. The van der Waals surface area contributed by atoms with Crippen LogP contribution in [0.4, 0.5) is 17.6 Å². The van der Waals surface area contributed by atoms with Gasteiger partial charge < -0.3 is 0 Å². The van der Waals surface area contributed by atoms with Crippen LogP contribution in [0.3, 0.4) is 0 Å². The van der Waals surface area contributed by atoms with E-state index < -0.39 is 12.0 Å². The topological polar surface area (TPSA) is 0 Å². The standard InChI is InChI=1S/C25H32F4/c1-2-3-4-18-5-7-19(8-6-18)20-9-11-21(12-10-20)23-14-13-22(24(26)17-23)15-16-25(27,28)29/h13-14,17-21H,2-12H2,1H3. The summed E-state index contributed by atoms with van der Waals surface area (Å²) in [7, 11) is 0. The Morgan fingerprint density at radius 1 is 0.931 bits per heavy atom. The van der Waals surface area contributed by atoms with Crippen LogP contribution in [0.2, 0.25) is 0 Å². The molecule has 0 radical (unpaired) electrons. The lowest BCUT2D eigenvalue weighted by Gasteiger charge is -2.38. The Labute approximate surface area is 172 Å². The van der Waals surface area contributed by atoms with E-state index in [1.54, 1.807) is 6.07 Å². The van der Waals surface area contributed by atoms with Gasteiger partial charge in [-0.1, -0.05) is 51.0 Å². The van der Waals surface area contributed by atoms with E-state index in [0.29, 0.717) is 5.92 Å². The maximum absolute atomic E-state index is 14.2. The Morgan fingerprint density at radius 2 is 1.55 bits per heavy atom. The first-order valence-corrected chi connectivity index (χ1v) is 11.2. The Balaban J connectivity index is 1.51. The van der Waals surface area contributed by atoms with Gasteiger partial charge in [0, 0.05) is 5.92 Å². The minimum atomic E-state index is -4.60. The van der Waals surface area contributed by atoms with Gasteiger partial charge in [-0.05, 0) is 79.9 Å². The molecule has 0 heterocycles. The lowest BCUT2D eigenvalue weighted by Crippen LogP contribution is -2.25. The largest absolute Gasteiger partial charge is 0.458 e. The third-order valence-corrected chi connectivity index (χ3v) is 7.10. The van der Waals surface area contributed by atoms with Crippen LogP contribution in [-0.4, -0.2) is 6.18 Å². The third-order valence-electron chi connectivity index (χ3n) is 7.10. The summed E-state index contributed by atoms with van der Waals surface area (Å²) in [6.45, 7) is 2.26. The fourth-order valence-corrected chi connectivity index (χ4v) is 5.39. The Kier molecular flexibility index (Phi) is 7.66. The van der Waals surface area contributed by atoms with Crippen LogP contribution in [-0.2, 0) is 0 Å². The molecule has 1 aromatic carbocycles. The molecule has 1 aromatic rings. The molecule has 0 atom stereocenters. The zero-order chi connectivity index (χ0) is 20.9. The molecule has 2 fully saturated rings. The van der Waals surface area contributed by atoms with E-state index in [1.807, 2.05) is 5.92 Å². The molecule has 0 aromatic heterocycles. The summed E-state index contributed by atoms with van der Waals surface area (Å²) in [6, 6.07) is 4.55. The van der Waals surface area contributed by atoms with Crippen molar-refractivity contribution in [3.05, 3.63) is 35.1 Å². The first-order valence-electron chi connectivity index (χ1n) is 11.2. The number of halogens is 4. The molecule has 2 aliphatic rings. The predicted octanol–water partition coefficient (Wildman–Crippen LogP) is 8.01. The molecule has 4 heteroatoms. The smallest absolute Gasteiger partial charge is 0.206 e. The second-order valence-corrected chi connectivity index (χ2v) is 9.02. The Bertz CT molecular complexity index is 709. The van der Waals surface area contributed by atoms with Crippen LogP contribution in [0.15, 0.2) is 18.2 Å². The van der Waals surface area contributed by atoms with Gasteiger partial charge >= 0.3 is 6.18 Å². The van der Waals surface area contributed by atoms with Crippen LogP contribution in [0.25, 0.3) is 0 Å². The van der Waals surface area contributed by atoms with Crippen molar-refractivity contribution in [2.45, 2.75) is 89.6 Å². The molecule has 0 unspecified atom stereocenters. The molecule has 3 rings (SSSR count). The second-order valence-electron chi connectivity index (χ2n) is 9.02. The van der Waals surface area contributed by atoms with E-state index in [4.69, 9.17) is 0 Å². The van der Waals surface area contributed by atoms with Gasteiger partial charge in [0.25, 0.3) is 0 Å². The van der Waals surface area contributed by atoms with Gasteiger partial charge in [0.1, 0.15) is 5.82 Å². The van der Waals surface area contributed by atoms with Gasteiger partial charge in [0.2, 0.25) is 0 Å². The monoisotopic (exact) mass is 408 g/mol. The highest BCUT2D eigenvalue weighted by molar-refractivity contribution is 5.39. The molecule has 0 bridgehead atoms. The Hall–Kier alpha value is -1.50. The highest BCUT2D eigenvalue weighted by atomic mass is 19.4. The van der Waals surface area contributed by atoms with Crippen molar-refractivity contribution in [2.75, 3.05) is 0 Å². The van der Waals surface area contributed by atoms with Crippen LogP contribution >= 0.6 is 0 Å². The van der Waals surface area contributed by atoms with Crippen LogP contribution < -0.4 is 0 Å². The molecular formula is C25H32F4. The van der Waals surface area contributed by atoms with Crippen molar-refractivity contribution in [2.24, 2.45) is 17.8 Å². The molecule has 0 saturated heterocycles. The highest BCUT2D eigenvalue weighted by Crippen LogP contribution is 2.44. The molecule has 2 aliphatic carbocycles. The molecule has 160 valence electrons. The number of rotatable bonds is 5. The van der Waals surface area contributed by atoms with Gasteiger partial charge in [-0.2, -0.15) is 13.2 Å². The fraction of sp³-hybridized carbons (Fsp3) is 0.680. The number of unbranched alkanes of at least 4 members (excludes halogenated alkanes) is 1. The van der Waals surface area contributed by atoms with Gasteiger partial charge in [-0.3, -0.25) is 0 Å². The van der Waals surface area contributed by atoms with Crippen molar-refractivity contribution < 1.29 is 17.6 Å². The maximum Gasteiger partial charge on any atom is 0.458 e. The molecular weight excluding hydrogens is 376 g/mol. The lowest BCUT2D eigenvalue weighted by atomic mass is 9.68. The number of benzene rings is 1. The SMILES string of the molecule is CCCCC1CCC(C2CCC(c3ccc(C#CC(F)(F)F)c(F)c3)CC2)CC1. The van der Waals surface area contributed by atoms with Crippen molar-refractivity contribution in [3.63, 3.8) is 0 Å². The minimum Gasteiger partial charge on any atom is -0.206 e. The van der Waals surface area contributed by atoms with E-state index in [9.17, 15) is 17.6 Å². The van der Waals surface area contributed by atoms with E-state index in [1.165, 1.54) is 69.9 Å². The normalized spacial score (nSPS) is 27.9. The average molecular weight is 409 g/mol. The van der Waals surface area contributed by atoms with Crippen LogP contribution in [0.1, 0.15) is 94.6 Å². The van der Waals surface area contributed by atoms with Crippen molar-refractivity contribution in [3.8, 4) is 11.8 Å². The van der Waals surface area contributed by atoms with Gasteiger partial charge in [0.15, 0.2) is 0 Å². The van der Waals surface area contributed by atoms with E-state index in [0.717, 1.165) is 42.1 Å². The van der Waals surface area contributed by atoms with Crippen LogP contribution in [0.5, 0.6) is 0 Å². The fourth-order valence-electron chi connectivity index (χ4n) is 5.39.